The zero-order valence-electron chi connectivity index (χ0n) is 16.1. The standard InChI is InChI=1S/C24H21N3O2/c1-27-16-20(22-9-5-6-10-23(22)27)15-25-26-24(28)17-29-21-13-11-19(12-14-21)18-7-3-2-4-8-18/h2-16H,17H2,1H3,(H,26,28)/b25-15+. The molecule has 3 aromatic carbocycles. The van der Waals surface area contributed by atoms with Crippen LogP contribution in [0.15, 0.2) is 90.2 Å². The number of hydrogen-bond donors (Lipinski definition) is 1. The summed E-state index contributed by atoms with van der Waals surface area (Å²) in [7, 11) is 1.98. The zero-order valence-corrected chi connectivity index (χ0v) is 16.1. The number of rotatable bonds is 6. The van der Waals surface area contributed by atoms with Gasteiger partial charge in [-0.05, 0) is 29.3 Å². The zero-order chi connectivity index (χ0) is 20.1. The highest BCUT2D eigenvalue weighted by Crippen LogP contribution is 2.22. The quantitative estimate of drug-likeness (QED) is 0.397. The Morgan fingerprint density at radius 1 is 0.966 bits per heavy atom. The van der Waals surface area contributed by atoms with E-state index in [0.29, 0.717) is 5.75 Å². The number of amides is 1. The van der Waals surface area contributed by atoms with Crippen molar-refractivity contribution in [3.05, 3.63) is 90.6 Å². The average molecular weight is 383 g/mol. The highest BCUT2D eigenvalue weighted by molar-refractivity contribution is 5.99. The fourth-order valence-electron chi connectivity index (χ4n) is 3.21. The van der Waals surface area contributed by atoms with Gasteiger partial charge in [0.15, 0.2) is 6.61 Å². The molecule has 4 rings (SSSR count). The summed E-state index contributed by atoms with van der Waals surface area (Å²) in [6.07, 6.45) is 3.63. The minimum absolute atomic E-state index is 0.0996. The lowest BCUT2D eigenvalue weighted by atomic mass is 10.1. The molecule has 0 aliphatic rings. The van der Waals surface area contributed by atoms with Crippen molar-refractivity contribution in [2.75, 3.05) is 6.61 Å². The van der Waals surface area contributed by atoms with Crippen LogP contribution in [0.5, 0.6) is 5.75 Å². The molecule has 0 bridgehead atoms. The van der Waals surface area contributed by atoms with Crippen LogP contribution in [0, 0.1) is 0 Å². The van der Waals surface area contributed by atoms with Crippen molar-refractivity contribution in [2.24, 2.45) is 12.1 Å². The van der Waals surface area contributed by atoms with E-state index in [2.05, 4.69) is 22.7 Å². The van der Waals surface area contributed by atoms with Crippen molar-refractivity contribution in [1.29, 1.82) is 0 Å². The fourth-order valence-corrected chi connectivity index (χ4v) is 3.21. The summed E-state index contributed by atoms with van der Waals surface area (Å²) < 4.78 is 7.57. The van der Waals surface area contributed by atoms with Crippen molar-refractivity contribution < 1.29 is 9.53 Å². The van der Waals surface area contributed by atoms with E-state index in [1.54, 1.807) is 6.21 Å². The van der Waals surface area contributed by atoms with Crippen LogP contribution >= 0.6 is 0 Å². The summed E-state index contributed by atoms with van der Waals surface area (Å²) >= 11 is 0. The molecule has 0 aliphatic heterocycles. The van der Waals surface area contributed by atoms with Gasteiger partial charge in [0.1, 0.15) is 5.75 Å². The van der Waals surface area contributed by atoms with E-state index < -0.39 is 0 Å². The number of ether oxygens (including phenoxy) is 1. The first kappa shape index (κ1) is 18.5. The third-order valence-electron chi connectivity index (χ3n) is 4.65. The topological polar surface area (TPSA) is 55.6 Å². The highest BCUT2D eigenvalue weighted by Gasteiger charge is 2.05. The molecule has 1 N–H and O–H groups in total. The maximum Gasteiger partial charge on any atom is 0.277 e. The molecule has 0 fully saturated rings. The number of benzene rings is 3. The van der Waals surface area contributed by atoms with E-state index >= 15 is 0 Å². The number of hydrazone groups is 1. The summed E-state index contributed by atoms with van der Waals surface area (Å²) in [4.78, 5) is 12.0. The maximum atomic E-state index is 12.0. The lowest BCUT2D eigenvalue weighted by Gasteiger charge is -2.06. The Balaban J connectivity index is 1.31. The van der Waals surface area contributed by atoms with E-state index in [9.17, 15) is 4.79 Å². The number of nitrogens with one attached hydrogen (secondary N) is 1. The van der Waals surface area contributed by atoms with Gasteiger partial charge in [-0.1, -0.05) is 60.7 Å². The summed E-state index contributed by atoms with van der Waals surface area (Å²) in [6.45, 7) is -0.0996. The molecule has 5 heteroatoms. The summed E-state index contributed by atoms with van der Waals surface area (Å²) in [6, 6.07) is 25.8. The van der Waals surface area contributed by atoms with Crippen LogP contribution in [0.25, 0.3) is 22.0 Å². The number of aromatic nitrogens is 1. The Bertz CT molecular complexity index is 1150. The van der Waals surface area contributed by atoms with Crippen molar-refractivity contribution in [3.8, 4) is 16.9 Å². The van der Waals surface area contributed by atoms with Crippen LogP contribution in [0.4, 0.5) is 0 Å². The van der Waals surface area contributed by atoms with Crippen LogP contribution in [-0.2, 0) is 11.8 Å². The number of carbonyl (C=O) groups excluding carboxylic acids is 1. The molecule has 0 unspecified atom stereocenters. The average Bonchev–Trinajstić information content (AvgIpc) is 3.09. The van der Waals surface area contributed by atoms with E-state index in [1.165, 1.54) is 0 Å². The molecule has 0 atom stereocenters. The molecular weight excluding hydrogens is 362 g/mol. The normalized spacial score (nSPS) is 11.1. The van der Waals surface area contributed by atoms with Crippen molar-refractivity contribution in [3.63, 3.8) is 0 Å². The molecular formula is C24H21N3O2. The number of nitrogens with zero attached hydrogens (tertiary/aromatic N) is 2. The number of carbonyl (C=O) groups is 1. The van der Waals surface area contributed by atoms with Crippen LogP contribution in [0.3, 0.4) is 0 Å². The first-order valence-corrected chi connectivity index (χ1v) is 9.35. The summed E-state index contributed by atoms with van der Waals surface area (Å²) in [5.74, 6) is 0.325. The van der Waals surface area contributed by atoms with Gasteiger partial charge in [-0.2, -0.15) is 5.10 Å². The molecule has 1 amide bonds. The SMILES string of the molecule is Cn1cc(/C=N/NC(=O)COc2ccc(-c3ccccc3)cc2)c2ccccc21. The van der Waals surface area contributed by atoms with Gasteiger partial charge >= 0.3 is 0 Å². The van der Waals surface area contributed by atoms with Gasteiger partial charge in [0.05, 0.1) is 6.21 Å². The smallest absolute Gasteiger partial charge is 0.277 e. The predicted molar refractivity (Wildman–Crippen MR) is 116 cm³/mol. The van der Waals surface area contributed by atoms with Gasteiger partial charge in [-0.3, -0.25) is 4.79 Å². The van der Waals surface area contributed by atoms with Gasteiger partial charge in [0.2, 0.25) is 0 Å². The molecule has 0 aliphatic carbocycles. The molecule has 0 radical (unpaired) electrons. The second kappa shape index (κ2) is 8.44. The van der Waals surface area contributed by atoms with Gasteiger partial charge < -0.3 is 9.30 Å². The van der Waals surface area contributed by atoms with Crippen LogP contribution in [0.2, 0.25) is 0 Å². The molecule has 144 valence electrons. The van der Waals surface area contributed by atoms with Crippen LogP contribution < -0.4 is 10.2 Å². The Kier molecular flexibility index (Phi) is 5.38. The number of fused-ring (bicyclic) bond motifs is 1. The second-order valence-electron chi connectivity index (χ2n) is 6.68. The second-order valence-corrected chi connectivity index (χ2v) is 6.68. The number of para-hydroxylation sites is 1. The lowest BCUT2D eigenvalue weighted by Crippen LogP contribution is -2.24. The molecule has 0 saturated carbocycles. The largest absolute Gasteiger partial charge is 0.484 e. The van der Waals surface area contributed by atoms with E-state index in [4.69, 9.17) is 4.74 Å². The molecule has 1 heterocycles. The van der Waals surface area contributed by atoms with Crippen molar-refractivity contribution in [1.82, 2.24) is 9.99 Å². The molecule has 0 spiro atoms. The maximum absolute atomic E-state index is 12.0. The first-order valence-electron chi connectivity index (χ1n) is 9.35. The Hall–Kier alpha value is -3.86. The fraction of sp³-hybridized carbons (Fsp3) is 0.0833. The van der Waals surface area contributed by atoms with Crippen molar-refractivity contribution in [2.45, 2.75) is 0 Å². The summed E-state index contributed by atoms with van der Waals surface area (Å²) in [5.41, 5.74) is 6.81. The van der Waals surface area contributed by atoms with Gasteiger partial charge in [0, 0.05) is 29.7 Å². The van der Waals surface area contributed by atoms with E-state index in [-0.39, 0.29) is 12.5 Å². The molecule has 1 aromatic heterocycles. The van der Waals surface area contributed by atoms with Gasteiger partial charge in [0.25, 0.3) is 5.91 Å². The molecule has 4 aromatic rings. The Morgan fingerprint density at radius 3 is 2.45 bits per heavy atom. The predicted octanol–water partition coefficient (Wildman–Crippen LogP) is 4.37. The lowest BCUT2D eigenvalue weighted by molar-refractivity contribution is -0.123. The van der Waals surface area contributed by atoms with E-state index in [0.717, 1.165) is 27.6 Å². The van der Waals surface area contributed by atoms with Crippen molar-refractivity contribution >= 4 is 23.0 Å². The Labute approximate surface area is 169 Å². The van der Waals surface area contributed by atoms with Gasteiger partial charge in [-0.15, -0.1) is 0 Å². The first-order chi connectivity index (χ1) is 14.2. The minimum atomic E-state index is -0.311. The van der Waals surface area contributed by atoms with Crippen LogP contribution in [0.1, 0.15) is 5.56 Å². The van der Waals surface area contributed by atoms with Gasteiger partial charge in [-0.25, -0.2) is 5.43 Å². The monoisotopic (exact) mass is 383 g/mol. The molecule has 29 heavy (non-hydrogen) atoms. The molecule has 5 nitrogen and oxygen atoms in total. The summed E-state index contributed by atoms with van der Waals surface area (Å²) in [5, 5.41) is 5.14. The molecule has 0 saturated heterocycles. The Morgan fingerprint density at radius 2 is 1.66 bits per heavy atom. The highest BCUT2D eigenvalue weighted by atomic mass is 16.5. The number of aryl methyl sites for hydroxylation is 1. The third-order valence-corrected chi connectivity index (χ3v) is 4.65. The van der Waals surface area contributed by atoms with E-state index in [1.807, 2.05) is 84.5 Å². The minimum Gasteiger partial charge on any atom is -0.484 e. The number of hydrogen-bond acceptors (Lipinski definition) is 3. The van der Waals surface area contributed by atoms with Crippen LogP contribution in [-0.4, -0.2) is 23.3 Å². The third kappa shape index (κ3) is 4.35.